The summed E-state index contributed by atoms with van der Waals surface area (Å²) in [5, 5.41) is 8.61. The number of esters is 1. The van der Waals surface area contributed by atoms with Gasteiger partial charge in [0.1, 0.15) is 18.8 Å². The van der Waals surface area contributed by atoms with Crippen molar-refractivity contribution in [2.45, 2.75) is 109 Å². The zero-order valence-corrected chi connectivity index (χ0v) is 18.3. The molecule has 0 aromatic rings. The highest BCUT2D eigenvalue weighted by Crippen LogP contribution is 2.12. The van der Waals surface area contributed by atoms with E-state index in [-0.39, 0.29) is 25.3 Å². The van der Waals surface area contributed by atoms with Crippen LogP contribution >= 0.6 is 0 Å². The molecule has 0 aliphatic heterocycles. The average molecular weight is 419 g/mol. The molecule has 0 rings (SSSR count). The topological polar surface area (TPSA) is 120 Å². The molecule has 0 fully saturated rings. The van der Waals surface area contributed by atoms with E-state index < -0.39 is 12.0 Å². The van der Waals surface area contributed by atoms with Crippen molar-refractivity contribution in [3.8, 4) is 0 Å². The molecule has 2 atom stereocenters. The van der Waals surface area contributed by atoms with Crippen molar-refractivity contribution in [2.24, 2.45) is 5.73 Å². The number of hydrogen-bond donors (Lipinski definition) is 3. The summed E-state index contributed by atoms with van der Waals surface area (Å²) in [5.41, 5.74) is 7.44. The standard InChI is InChI=1S/C21H42N2O6/c1-3-5-6-7-8-9-10-11-12-13-14-15-20(24)29-18(4-2)16-27-23-28-17-19(22)21(25)26/h18-19,23H,3-17,22H2,1-2H3,(H,25,26). The number of aliphatic carboxylic acids is 1. The minimum atomic E-state index is -1.16. The maximum Gasteiger partial charge on any atom is 0.322 e. The number of nitrogens with one attached hydrogen (secondary N) is 1. The predicted molar refractivity (Wildman–Crippen MR) is 112 cm³/mol. The summed E-state index contributed by atoms with van der Waals surface area (Å²) in [6.07, 6.45) is 14.3. The Bertz CT molecular complexity index is 409. The maximum absolute atomic E-state index is 11.9. The van der Waals surface area contributed by atoms with Crippen LogP contribution in [0.5, 0.6) is 0 Å². The van der Waals surface area contributed by atoms with Crippen molar-refractivity contribution >= 4 is 11.9 Å². The highest BCUT2D eigenvalue weighted by atomic mass is 16.9. The van der Waals surface area contributed by atoms with Gasteiger partial charge in [-0.25, -0.2) is 0 Å². The summed E-state index contributed by atoms with van der Waals surface area (Å²) in [4.78, 5) is 32.3. The van der Waals surface area contributed by atoms with E-state index >= 15 is 0 Å². The number of rotatable bonds is 21. The van der Waals surface area contributed by atoms with Gasteiger partial charge in [0.25, 0.3) is 0 Å². The first-order valence-corrected chi connectivity index (χ1v) is 11.2. The van der Waals surface area contributed by atoms with E-state index in [0.29, 0.717) is 12.8 Å². The molecule has 0 amide bonds. The lowest BCUT2D eigenvalue weighted by Crippen LogP contribution is -2.37. The third-order valence-electron chi connectivity index (χ3n) is 4.71. The first-order valence-electron chi connectivity index (χ1n) is 11.2. The molecule has 172 valence electrons. The van der Waals surface area contributed by atoms with Crippen LogP contribution in [0.15, 0.2) is 0 Å². The summed E-state index contributed by atoms with van der Waals surface area (Å²) in [6, 6.07) is -1.13. The fourth-order valence-electron chi connectivity index (χ4n) is 2.78. The molecule has 0 saturated carbocycles. The lowest BCUT2D eigenvalue weighted by atomic mass is 10.1. The van der Waals surface area contributed by atoms with Crippen LogP contribution < -0.4 is 11.4 Å². The van der Waals surface area contributed by atoms with Gasteiger partial charge < -0.3 is 15.6 Å². The quantitative estimate of drug-likeness (QED) is 0.146. The molecule has 2 unspecified atom stereocenters. The molecule has 29 heavy (non-hydrogen) atoms. The molecule has 0 spiro atoms. The van der Waals surface area contributed by atoms with Gasteiger partial charge >= 0.3 is 11.9 Å². The molecule has 4 N–H and O–H groups in total. The van der Waals surface area contributed by atoms with Gasteiger partial charge in [0, 0.05) is 6.42 Å². The van der Waals surface area contributed by atoms with Gasteiger partial charge in [0.15, 0.2) is 0 Å². The van der Waals surface area contributed by atoms with Gasteiger partial charge in [-0.1, -0.05) is 83.7 Å². The van der Waals surface area contributed by atoms with Crippen LogP contribution in [0.3, 0.4) is 0 Å². The van der Waals surface area contributed by atoms with E-state index in [2.05, 4.69) is 12.6 Å². The van der Waals surface area contributed by atoms with Crippen molar-refractivity contribution in [1.29, 1.82) is 0 Å². The van der Waals surface area contributed by atoms with Gasteiger partial charge in [-0.05, 0) is 12.8 Å². The first-order chi connectivity index (χ1) is 14.0. The van der Waals surface area contributed by atoms with Gasteiger partial charge in [-0.15, -0.1) is 0 Å². The molecule has 0 saturated heterocycles. The maximum atomic E-state index is 11.9. The molecule has 0 aliphatic rings. The van der Waals surface area contributed by atoms with Crippen molar-refractivity contribution in [2.75, 3.05) is 13.2 Å². The van der Waals surface area contributed by atoms with Crippen LogP contribution in [-0.4, -0.2) is 42.4 Å². The second kappa shape index (κ2) is 20.1. The second-order valence-electron chi connectivity index (χ2n) is 7.46. The van der Waals surface area contributed by atoms with E-state index in [0.717, 1.165) is 12.8 Å². The molecular weight excluding hydrogens is 376 g/mol. The van der Waals surface area contributed by atoms with E-state index in [4.69, 9.17) is 25.3 Å². The van der Waals surface area contributed by atoms with Crippen LogP contribution in [0.1, 0.15) is 97.3 Å². The third-order valence-corrected chi connectivity index (χ3v) is 4.71. The third kappa shape index (κ3) is 18.5. The molecule has 0 aromatic heterocycles. The van der Waals surface area contributed by atoms with E-state index in [1.165, 1.54) is 57.8 Å². The van der Waals surface area contributed by atoms with Crippen molar-refractivity contribution in [3.05, 3.63) is 0 Å². The Morgan fingerprint density at radius 1 is 0.862 bits per heavy atom. The highest BCUT2D eigenvalue weighted by molar-refractivity contribution is 5.73. The normalized spacial score (nSPS) is 13.2. The zero-order valence-electron chi connectivity index (χ0n) is 18.3. The fourth-order valence-corrected chi connectivity index (χ4v) is 2.78. The number of unbranched alkanes of at least 4 members (excludes halogenated alkanes) is 10. The van der Waals surface area contributed by atoms with Crippen molar-refractivity contribution in [1.82, 2.24) is 5.64 Å². The van der Waals surface area contributed by atoms with Crippen LogP contribution in [0.2, 0.25) is 0 Å². The van der Waals surface area contributed by atoms with Crippen molar-refractivity contribution < 1.29 is 29.1 Å². The summed E-state index contributed by atoms with van der Waals surface area (Å²) < 4.78 is 5.38. The first kappa shape index (κ1) is 27.8. The van der Waals surface area contributed by atoms with Gasteiger partial charge in [0.2, 0.25) is 0 Å². The number of hydrogen-bond acceptors (Lipinski definition) is 7. The number of carbonyl (C=O) groups excluding carboxylic acids is 1. The minimum absolute atomic E-state index is 0.114. The largest absolute Gasteiger partial charge is 0.480 e. The fraction of sp³-hybridized carbons (Fsp3) is 0.905. The van der Waals surface area contributed by atoms with Gasteiger partial charge in [-0.3, -0.25) is 19.3 Å². The summed E-state index contributed by atoms with van der Waals surface area (Å²) >= 11 is 0. The Morgan fingerprint density at radius 2 is 1.38 bits per heavy atom. The summed E-state index contributed by atoms with van der Waals surface area (Å²) in [6.45, 7) is 4.01. The lowest BCUT2D eigenvalue weighted by molar-refractivity contribution is -0.195. The molecule has 0 heterocycles. The van der Waals surface area contributed by atoms with Crippen LogP contribution in [0, 0.1) is 0 Å². The monoisotopic (exact) mass is 418 g/mol. The second-order valence-corrected chi connectivity index (χ2v) is 7.46. The number of carbonyl (C=O) groups is 2. The molecular formula is C21H42N2O6. The van der Waals surface area contributed by atoms with Gasteiger partial charge in [0.05, 0.1) is 6.61 Å². The Balaban J connectivity index is 3.55. The average Bonchev–Trinajstić information content (AvgIpc) is 2.70. The molecule has 0 aromatic carbocycles. The van der Waals surface area contributed by atoms with Gasteiger partial charge in [-0.2, -0.15) is 0 Å². The smallest absolute Gasteiger partial charge is 0.322 e. The summed E-state index contributed by atoms with van der Waals surface area (Å²) in [5.74, 6) is -1.38. The minimum Gasteiger partial charge on any atom is -0.480 e. The highest BCUT2D eigenvalue weighted by Gasteiger charge is 2.14. The summed E-state index contributed by atoms with van der Waals surface area (Å²) in [7, 11) is 0. The zero-order chi connectivity index (χ0) is 21.7. The number of nitrogens with two attached hydrogens (primary N) is 1. The molecule has 0 bridgehead atoms. The Hall–Kier alpha value is -1.22. The molecule has 0 radical (unpaired) electrons. The van der Waals surface area contributed by atoms with E-state index in [9.17, 15) is 9.59 Å². The number of carboxylic acid groups (broad SMARTS) is 1. The van der Waals surface area contributed by atoms with Crippen LogP contribution in [0.4, 0.5) is 0 Å². The van der Waals surface area contributed by atoms with Crippen molar-refractivity contribution in [3.63, 3.8) is 0 Å². The van der Waals surface area contributed by atoms with E-state index in [1.54, 1.807) is 0 Å². The van der Waals surface area contributed by atoms with E-state index in [1.807, 2.05) is 6.92 Å². The predicted octanol–water partition coefficient (Wildman–Crippen LogP) is 3.87. The molecule has 8 nitrogen and oxygen atoms in total. The van der Waals surface area contributed by atoms with Crippen LogP contribution in [0.25, 0.3) is 0 Å². The van der Waals surface area contributed by atoms with Crippen LogP contribution in [-0.2, 0) is 24.0 Å². The SMILES string of the molecule is CCCCCCCCCCCCCC(=O)OC(CC)CONOCC(N)C(=O)O. The Morgan fingerprint density at radius 3 is 1.90 bits per heavy atom. The number of carboxylic acids is 1. The Labute approximate surface area is 175 Å². The molecule has 0 aliphatic carbocycles. The number of ether oxygens (including phenoxy) is 1. The Kier molecular flexibility index (Phi) is 19.2. The lowest BCUT2D eigenvalue weighted by Gasteiger charge is -2.16. The molecule has 8 heteroatoms.